The molecule has 0 spiro atoms. The largest absolute Gasteiger partial charge is 0.208 e. The third kappa shape index (κ3) is 6.40. The molecule has 250 valence electrons. The maximum absolute atomic E-state index is 15.9. The van der Waals surface area contributed by atoms with Crippen molar-refractivity contribution in [2.24, 2.45) is 0 Å². The van der Waals surface area contributed by atoms with Crippen LogP contribution in [0.1, 0.15) is 0 Å². The van der Waals surface area contributed by atoms with Crippen molar-refractivity contribution < 1.29 is 17.6 Å². The number of rotatable bonds is 7. The molecule has 10 heteroatoms. The molecule has 0 saturated heterocycles. The number of halogens is 4. The molecule has 0 bridgehead atoms. The summed E-state index contributed by atoms with van der Waals surface area (Å²) in [5.41, 5.74) is 0.809. The fourth-order valence-corrected chi connectivity index (χ4v) is 5.76. The summed E-state index contributed by atoms with van der Waals surface area (Å²) in [5, 5.41) is 0. The van der Waals surface area contributed by atoms with E-state index in [4.69, 9.17) is 0 Å². The highest BCUT2D eigenvalue weighted by Gasteiger charge is 2.24. The van der Waals surface area contributed by atoms with E-state index in [0.717, 1.165) is 24.3 Å². The first-order valence-corrected chi connectivity index (χ1v) is 16.1. The van der Waals surface area contributed by atoms with Gasteiger partial charge in [0.15, 0.2) is 34.9 Å². The molecule has 0 unspecified atom stereocenters. The summed E-state index contributed by atoms with van der Waals surface area (Å²) in [6.07, 6.45) is 0. The molecule has 0 aliphatic rings. The van der Waals surface area contributed by atoms with Crippen molar-refractivity contribution in [3.8, 4) is 79.5 Å². The first kappa shape index (κ1) is 32.3. The molecule has 2 aromatic heterocycles. The van der Waals surface area contributed by atoms with E-state index in [1.165, 1.54) is 0 Å². The van der Waals surface area contributed by atoms with Gasteiger partial charge in [-0.25, -0.2) is 47.5 Å². The molecule has 0 N–H and O–H groups in total. The van der Waals surface area contributed by atoms with Crippen LogP contribution in [-0.2, 0) is 0 Å². The Morgan fingerprint density at radius 2 is 0.442 bits per heavy atom. The molecule has 0 aliphatic heterocycles. The molecule has 0 atom stereocenters. The summed E-state index contributed by atoms with van der Waals surface area (Å²) in [6.45, 7) is 0. The number of hydrogen-bond donors (Lipinski definition) is 0. The van der Waals surface area contributed by atoms with Gasteiger partial charge >= 0.3 is 0 Å². The summed E-state index contributed by atoms with van der Waals surface area (Å²) in [5.74, 6) is -3.74. The van der Waals surface area contributed by atoms with E-state index in [2.05, 4.69) is 29.9 Å². The second kappa shape index (κ2) is 13.8. The Morgan fingerprint density at radius 3 is 0.654 bits per heavy atom. The van der Waals surface area contributed by atoms with Crippen LogP contribution in [0.4, 0.5) is 17.6 Å². The van der Waals surface area contributed by atoms with Crippen molar-refractivity contribution in [1.29, 1.82) is 0 Å². The van der Waals surface area contributed by atoms with Crippen LogP contribution < -0.4 is 0 Å². The lowest BCUT2D eigenvalue weighted by molar-refractivity contribution is 0.564. The Kier molecular flexibility index (Phi) is 8.54. The minimum atomic E-state index is -1.21. The molecule has 8 aromatic rings. The van der Waals surface area contributed by atoms with Gasteiger partial charge in [-0.1, -0.05) is 121 Å². The summed E-state index contributed by atoms with van der Waals surface area (Å²) in [7, 11) is 0. The lowest BCUT2D eigenvalue weighted by Crippen LogP contribution is -2.03. The highest BCUT2D eigenvalue weighted by molar-refractivity contribution is 5.75. The van der Waals surface area contributed by atoms with E-state index < -0.39 is 34.4 Å². The van der Waals surface area contributed by atoms with E-state index >= 15 is 17.6 Å². The van der Waals surface area contributed by atoms with Crippen molar-refractivity contribution in [3.05, 3.63) is 169 Å². The zero-order valence-corrected chi connectivity index (χ0v) is 27.1. The van der Waals surface area contributed by atoms with Gasteiger partial charge in [0.1, 0.15) is 23.3 Å². The number of nitrogens with zero attached hydrogens (tertiary/aromatic N) is 6. The Bertz CT molecular complexity index is 2210. The third-order valence-corrected chi connectivity index (χ3v) is 8.25. The quantitative estimate of drug-likeness (QED) is 0.155. The lowest BCUT2D eigenvalue weighted by atomic mass is 9.99. The predicted octanol–water partition coefficient (Wildman–Crippen LogP) is 10.3. The Balaban J connectivity index is 1.21. The molecule has 0 aliphatic carbocycles. The van der Waals surface area contributed by atoms with Gasteiger partial charge in [0.2, 0.25) is 0 Å². The average molecular weight is 689 g/mol. The van der Waals surface area contributed by atoms with Crippen LogP contribution in [0.2, 0.25) is 0 Å². The van der Waals surface area contributed by atoms with Gasteiger partial charge in [-0.2, -0.15) is 0 Å². The van der Waals surface area contributed by atoms with Crippen molar-refractivity contribution >= 4 is 0 Å². The molecule has 0 radical (unpaired) electrons. The number of aromatic nitrogens is 6. The standard InChI is InChI=1S/C42H24F4N6/c43-31-21-29(41-49-37(25-13-5-1-6-14-25)47-38(50-41)26-15-7-2-8-16-26)22-32(44)35(31)36-33(45)23-30(24-34(36)46)42-51-39(27-17-9-3-10-18-27)48-40(52-42)28-19-11-4-12-20-28/h1-24H. The Hall–Kier alpha value is -6.94. The fourth-order valence-electron chi connectivity index (χ4n) is 5.76. The molecular formula is C42H24F4N6. The maximum atomic E-state index is 15.9. The fraction of sp³-hybridized carbons (Fsp3) is 0. The molecule has 52 heavy (non-hydrogen) atoms. The topological polar surface area (TPSA) is 77.3 Å². The van der Waals surface area contributed by atoms with E-state index in [-0.39, 0.29) is 46.1 Å². The van der Waals surface area contributed by atoms with Gasteiger partial charge in [0, 0.05) is 33.4 Å². The first-order valence-electron chi connectivity index (χ1n) is 16.1. The Labute approximate surface area is 295 Å². The highest BCUT2D eigenvalue weighted by Crippen LogP contribution is 2.36. The van der Waals surface area contributed by atoms with Gasteiger partial charge < -0.3 is 0 Å². The van der Waals surface area contributed by atoms with Crippen LogP contribution in [0.15, 0.2) is 146 Å². The van der Waals surface area contributed by atoms with Crippen LogP contribution in [0.5, 0.6) is 0 Å². The van der Waals surface area contributed by atoms with Crippen LogP contribution in [0.25, 0.3) is 79.5 Å². The number of benzene rings is 6. The van der Waals surface area contributed by atoms with E-state index in [1.807, 2.05) is 72.8 Å². The lowest BCUT2D eigenvalue weighted by Gasteiger charge is -2.13. The second-order valence-corrected chi connectivity index (χ2v) is 11.7. The molecule has 8 rings (SSSR count). The maximum Gasteiger partial charge on any atom is 0.164 e. The summed E-state index contributed by atoms with van der Waals surface area (Å²) in [6, 6.07) is 40.1. The van der Waals surface area contributed by atoms with Crippen molar-refractivity contribution in [2.45, 2.75) is 0 Å². The summed E-state index contributed by atoms with van der Waals surface area (Å²) in [4.78, 5) is 27.2. The number of hydrogen-bond acceptors (Lipinski definition) is 6. The zero-order valence-electron chi connectivity index (χ0n) is 27.1. The van der Waals surface area contributed by atoms with Crippen molar-refractivity contribution in [2.75, 3.05) is 0 Å². The molecule has 6 nitrogen and oxygen atoms in total. The van der Waals surface area contributed by atoms with Gasteiger partial charge in [0.05, 0.1) is 11.1 Å². The van der Waals surface area contributed by atoms with Gasteiger partial charge in [0.25, 0.3) is 0 Å². The molecule has 0 amide bonds. The van der Waals surface area contributed by atoms with Crippen molar-refractivity contribution in [3.63, 3.8) is 0 Å². The van der Waals surface area contributed by atoms with Gasteiger partial charge in [-0.3, -0.25) is 0 Å². The van der Waals surface area contributed by atoms with Crippen molar-refractivity contribution in [1.82, 2.24) is 29.9 Å². The third-order valence-electron chi connectivity index (χ3n) is 8.25. The van der Waals surface area contributed by atoms with Crippen LogP contribution in [0.3, 0.4) is 0 Å². The van der Waals surface area contributed by atoms with E-state index in [0.29, 0.717) is 22.3 Å². The van der Waals surface area contributed by atoms with E-state index in [1.54, 1.807) is 48.5 Å². The molecule has 2 heterocycles. The zero-order chi connectivity index (χ0) is 35.6. The SMILES string of the molecule is Fc1cc(-c2nc(-c3ccccc3)nc(-c3ccccc3)n2)cc(F)c1-c1c(F)cc(-c2nc(-c3ccccc3)nc(-c3ccccc3)n2)cc1F. The summed E-state index contributed by atoms with van der Waals surface area (Å²) >= 11 is 0. The summed E-state index contributed by atoms with van der Waals surface area (Å²) < 4.78 is 63.7. The second-order valence-electron chi connectivity index (χ2n) is 11.7. The molecule has 0 saturated carbocycles. The van der Waals surface area contributed by atoms with Crippen LogP contribution >= 0.6 is 0 Å². The Morgan fingerprint density at radius 1 is 0.250 bits per heavy atom. The monoisotopic (exact) mass is 688 g/mol. The normalized spacial score (nSPS) is 11.1. The molecular weight excluding hydrogens is 664 g/mol. The van der Waals surface area contributed by atoms with E-state index in [9.17, 15) is 0 Å². The average Bonchev–Trinajstić information content (AvgIpc) is 3.19. The minimum Gasteiger partial charge on any atom is -0.208 e. The van der Waals surface area contributed by atoms with Crippen LogP contribution in [-0.4, -0.2) is 29.9 Å². The van der Waals surface area contributed by atoms with Gasteiger partial charge in [-0.15, -0.1) is 0 Å². The first-order chi connectivity index (χ1) is 25.4. The predicted molar refractivity (Wildman–Crippen MR) is 191 cm³/mol. The molecule has 0 fully saturated rings. The highest BCUT2D eigenvalue weighted by atomic mass is 19.1. The van der Waals surface area contributed by atoms with Crippen LogP contribution in [0, 0.1) is 23.3 Å². The minimum absolute atomic E-state index is 0.0216. The smallest absolute Gasteiger partial charge is 0.164 e. The van der Waals surface area contributed by atoms with Gasteiger partial charge in [-0.05, 0) is 24.3 Å². The molecule has 6 aromatic carbocycles.